The quantitative estimate of drug-likeness (QED) is 0.435. The maximum atomic E-state index is 12.9. The first-order valence-corrected chi connectivity index (χ1v) is 8.57. The number of carbonyl (C=O) groups excluding carboxylic acids is 3. The van der Waals surface area contributed by atoms with Gasteiger partial charge >= 0.3 is 6.03 Å². The Morgan fingerprint density at radius 1 is 1.17 bits per heavy atom. The number of non-ortho nitro benzene ring substituents is 1. The van der Waals surface area contributed by atoms with E-state index in [1.54, 1.807) is 31.2 Å². The topological polar surface area (TPSA) is 131 Å². The number of anilines is 1. The Morgan fingerprint density at radius 2 is 1.79 bits per heavy atom. The zero-order valence-electron chi connectivity index (χ0n) is 15.7. The summed E-state index contributed by atoms with van der Waals surface area (Å²) < 4.78 is 5.09. The molecule has 1 fully saturated rings. The molecule has 10 heteroatoms. The van der Waals surface area contributed by atoms with Gasteiger partial charge in [-0.1, -0.05) is 12.1 Å². The normalized spacial score (nSPS) is 18.3. The van der Waals surface area contributed by atoms with Crippen molar-refractivity contribution in [3.63, 3.8) is 0 Å². The van der Waals surface area contributed by atoms with Crippen LogP contribution in [0.4, 0.5) is 16.2 Å². The van der Waals surface area contributed by atoms with E-state index >= 15 is 0 Å². The van der Waals surface area contributed by atoms with Crippen molar-refractivity contribution in [3.05, 3.63) is 64.2 Å². The molecule has 2 N–H and O–H groups in total. The molecule has 1 atom stereocenters. The largest absolute Gasteiger partial charge is 0.497 e. The lowest BCUT2D eigenvalue weighted by Gasteiger charge is -2.22. The lowest BCUT2D eigenvalue weighted by atomic mass is 9.92. The van der Waals surface area contributed by atoms with Crippen molar-refractivity contribution in [1.29, 1.82) is 0 Å². The Hall–Kier alpha value is -3.95. The molecule has 2 aromatic carbocycles. The number of nitrogens with zero attached hydrogens (tertiary/aromatic N) is 2. The van der Waals surface area contributed by atoms with Crippen LogP contribution < -0.4 is 15.4 Å². The van der Waals surface area contributed by atoms with Gasteiger partial charge in [-0.3, -0.25) is 24.6 Å². The molecule has 0 bridgehead atoms. The molecular formula is C19H18N4O6. The van der Waals surface area contributed by atoms with Crippen LogP contribution in [0.25, 0.3) is 0 Å². The number of amides is 4. The summed E-state index contributed by atoms with van der Waals surface area (Å²) in [6.07, 6.45) is 0. The SMILES string of the molecule is COc1ccc([C@@]2(C)NC(=O)N(CC(=O)Nc3ccc([N+](=O)[O-])cc3)C2=O)cc1. The maximum absolute atomic E-state index is 12.9. The maximum Gasteiger partial charge on any atom is 0.325 e. The number of benzene rings is 2. The number of hydrogen-bond acceptors (Lipinski definition) is 6. The van der Waals surface area contributed by atoms with Gasteiger partial charge in [0.1, 0.15) is 17.8 Å². The van der Waals surface area contributed by atoms with Crippen molar-refractivity contribution >= 4 is 29.2 Å². The molecule has 2 aromatic rings. The van der Waals surface area contributed by atoms with E-state index in [0.717, 1.165) is 4.90 Å². The van der Waals surface area contributed by atoms with Crippen molar-refractivity contribution < 1.29 is 24.0 Å². The summed E-state index contributed by atoms with van der Waals surface area (Å²) in [6.45, 7) is 1.07. The molecule has 29 heavy (non-hydrogen) atoms. The van der Waals surface area contributed by atoms with Crippen LogP contribution >= 0.6 is 0 Å². The number of urea groups is 1. The standard InChI is InChI=1S/C19H18N4O6/c1-19(12-3-9-15(29-2)10-4-12)17(25)22(18(26)21-19)11-16(24)20-13-5-7-14(8-6-13)23(27)28/h3-10H,11H2,1-2H3,(H,20,24)(H,21,26)/t19-/m1/s1. The summed E-state index contributed by atoms with van der Waals surface area (Å²) in [6, 6.07) is 11.2. The number of rotatable bonds is 6. The molecular weight excluding hydrogens is 380 g/mol. The molecule has 0 unspecified atom stereocenters. The van der Waals surface area contributed by atoms with Crippen LogP contribution in [-0.2, 0) is 15.1 Å². The molecule has 0 aliphatic carbocycles. The summed E-state index contributed by atoms with van der Waals surface area (Å²) in [7, 11) is 1.52. The molecule has 1 aliphatic heterocycles. The van der Waals surface area contributed by atoms with Crippen molar-refractivity contribution in [1.82, 2.24) is 10.2 Å². The van der Waals surface area contributed by atoms with Crippen molar-refractivity contribution in [2.24, 2.45) is 0 Å². The number of nitro groups is 1. The second-order valence-electron chi connectivity index (χ2n) is 6.53. The molecule has 0 saturated carbocycles. The predicted octanol–water partition coefficient (Wildman–Crippen LogP) is 2.01. The third kappa shape index (κ3) is 3.86. The van der Waals surface area contributed by atoms with Gasteiger partial charge in [-0.2, -0.15) is 0 Å². The van der Waals surface area contributed by atoms with E-state index in [1.807, 2.05) is 0 Å². The monoisotopic (exact) mass is 398 g/mol. The predicted molar refractivity (Wildman–Crippen MR) is 102 cm³/mol. The minimum atomic E-state index is -1.31. The second kappa shape index (κ2) is 7.58. The van der Waals surface area contributed by atoms with Gasteiger partial charge in [-0.05, 0) is 36.8 Å². The fourth-order valence-electron chi connectivity index (χ4n) is 2.97. The second-order valence-corrected chi connectivity index (χ2v) is 6.53. The van der Waals surface area contributed by atoms with Crippen LogP contribution in [0, 0.1) is 10.1 Å². The Kier molecular flexibility index (Phi) is 5.18. The van der Waals surface area contributed by atoms with Gasteiger partial charge in [0.25, 0.3) is 11.6 Å². The van der Waals surface area contributed by atoms with Crippen molar-refractivity contribution in [2.75, 3.05) is 19.0 Å². The Morgan fingerprint density at radius 3 is 2.34 bits per heavy atom. The van der Waals surface area contributed by atoms with Crippen LogP contribution in [0.15, 0.2) is 48.5 Å². The number of methoxy groups -OCH3 is 1. The third-order valence-corrected chi connectivity index (χ3v) is 4.61. The van der Waals surface area contributed by atoms with E-state index in [2.05, 4.69) is 10.6 Å². The van der Waals surface area contributed by atoms with Crippen molar-refractivity contribution in [3.8, 4) is 5.75 Å². The molecule has 0 radical (unpaired) electrons. The highest BCUT2D eigenvalue weighted by Crippen LogP contribution is 2.30. The van der Waals surface area contributed by atoms with E-state index < -0.39 is 34.9 Å². The minimum absolute atomic E-state index is 0.118. The lowest BCUT2D eigenvalue weighted by molar-refractivity contribution is -0.384. The zero-order valence-corrected chi connectivity index (χ0v) is 15.7. The van der Waals surface area contributed by atoms with Gasteiger partial charge in [0, 0.05) is 17.8 Å². The van der Waals surface area contributed by atoms with Gasteiger partial charge in [0.2, 0.25) is 5.91 Å². The molecule has 1 aliphatic rings. The molecule has 0 spiro atoms. The van der Waals surface area contributed by atoms with Gasteiger partial charge in [0.15, 0.2) is 0 Å². The fraction of sp³-hybridized carbons (Fsp3) is 0.211. The first kappa shape index (κ1) is 19.8. The number of nitro benzene ring substituents is 1. The molecule has 3 rings (SSSR count). The fourth-order valence-corrected chi connectivity index (χ4v) is 2.97. The van der Waals surface area contributed by atoms with Crippen LogP contribution in [-0.4, -0.2) is 41.3 Å². The van der Waals surface area contributed by atoms with E-state index in [1.165, 1.54) is 31.4 Å². The summed E-state index contributed by atoms with van der Waals surface area (Å²) in [4.78, 5) is 48.4. The molecule has 1 heterocycles. The summed E-state index contributed by atoms with van der Waals surface area (Å²) in [5.41, 5.74) is -0.565. The van der Waals surface area contributed by atoms with Gasteiger partial charge < -0.3 is 15.4 Å². The highest BCUT2D eigenvalue weighted by molar-refractivity contribution is 6.10. The molecule has 10 nitrogen and oxygen atoms in total. The first-order chi connectivity index (χ1) is 13.7. The summed E-state index contributed by atoms with van der Waals surface area (Å²) in [5.74, 6) is -0.568. The van der Waals surface area contributed by atoms with Gasteiger partial charge in [-0.15, -0.1) is 0 Å². The average molecular weight is 398 g/mol. The molecule has 1 saturated heterocycles. The Balaban J connectivity index is 1.70. The Bertz CT molecular complexity index is 973. The number of hydrogen-bond donors (Lipinski definition) is 2. The highest BCUT2D eigenvalue weighted by Gasteiger charge is 2.49. The number of carbonyl (C=O) groups is 3. The number of nitrogens with one attached hydrogen (secondary N) is 2. The average Bonchev–Trinajstić information content (AvgIpc) is 2.92. The van der Waals surface area contributed by atoms with E-state index in [4.69, 9.17) is 4.74 Å². The molecule has 150 valence electrons. The van der Waals surface area contributed by atoms with E-state index in [0.29, 0.717) is 17.0 Å². The minimum Gasteiger partial charge on any atom is -0.497 e. The number of imide groups is 1. The molecule has 4 amide bonds. The number of ether oxygens (including phenoxy) is 1. The lowest BCUT2D eigenvalue weighted by Crippen LogP contribution is -2.42. The smallest absolute Gasteiger partial charge is 0.325 e. The van der Waals surface area contributed by atoms with Crippen molar-refractivity contribution in [2.45, 2.75) is 12.5 Å². The van der Waals surface area contributed by atoms with Gasteiger partial charge in [0.05, 0.1) is 12.0 Å². The first-order valence-electron chi connectivity index (χ1n) is 8.57. The summed E-state index contributed by atoms with van der Waals surface area (Å²) >= 11 is 0. The van der Waals surface area contributed by atoms with Crippen LogP contribution in [0.2, 0.25) is 0 Å². The van der Waals surface area contributed by atoms with E-state index in [9.17, 15) is 24.5 Å². The Labute approximate surface area is 165 Å². The van der Waals surface area contributed by atoms with Crippen LogP contribution in [0.3, 0.4) is 0 Å². The third-order valence-electron chi connectivity index (χ3n) is 4.61. The summed E-state index contributed by atoms with van der Waals surface area (Å²) in [5, 5.41) is 15.8. The van der Waals surface area contributed by atoms with Gasteiger partial charge in [-0.25, -0.2) is 4.79 Å². The zero-order chi connectivity index (χ0) is 21.2. The highest BCUT2D eigenvalue weighted by atomic mass is 16.6. The van der Waals surface area contributed by atoms with E-state index in [-0.39, 0.29) is 5.69 Å². The molecule has 0 aromatic heterocycles. The van der Waals surface area contributed by atoms with Crippen LogP contribution in [0.5, 0.6) is 5.75 Å². The van der Waals surface area contributed by atoms with Crippen LogP contribution in [0.1, 0.15) is 12.5 Å².